The van der Waals surface area contributed by atoms with Gasteiger partial charge in [-0.15, -0.1) is 11.3 Å². The highest BCUT2D eigenvalue weighted by Gasteiger charge is 2.30. The Morgan fingerprint density at radius 2 is 2.10 bits per heavy atom. The fourth-order valence-electron chi connectivity index (χ4n) is 2.04. The molecule has 112 valence electrons. The molecule has 2 N–H and O–H groups in total. The molecule has 1 aromatic rings. The average molecular weight is 339 g/mol. The second-order valence-corrected chi connectivity index (χ2v) is 8.10. The molecule has 0 bridgehead atoms. The minimum atomic E-state index is -3.57. The van der Waals surface area contributed by atoms with Crippen LogP contribution in [0.1, 0.15) is 17.7 Å². The fourth-order valence-corrected chi connectivity index (χ4v) is 4.37. The predicted molar refractivity (Wildman–Crippen MR) is 77.0 cm³/mol. The van der Waals surface area contributed by atoms with Gasteiger partial charge in [-0.2, -0.15) is 17.4 Å². The van der Waals surface area contributed by atoms with Gasteiger partial charge in [0.15, 0.2) is 0 Å². The molecule has 1 aliphatic heterocycles. The van der Waals surface area contributed by atoms with Crippen LogP contribution in [0.5, 0.6) is 0 Å². The van der Waals surface area contributed by atoms with Gasteiger partial charge in [0.1, 0.15) is 0 Å². The molecule has 2 heterocycles. The lowest BCUT2D eigenvalue weighted by molar-refractivity contribution is -0.142. The number of rotatable bonds is 5. The van der Waals surface area contributed by atoms with Crippen LogP contribution in [-0.4, -0.2) is 36.9 Å². The molecule has 1 aliphatic rings. The largest absolute Gasteiger partial charge is 0.481 e. The Morgan fingerprint density at radius 3 is 2.60 bits per heavy atom. The number of thiophene rings is 1. The Labute approximate surface area is 126 Å². The van der Waals surface area contributed by atoms with E-state index in [0.717, 1.165) is 4.88 Å². The van der Waals surface area contributed by atoms with Crippen LogP contribution in [0.2, 0.25) is 4.34 Å². The molecule has 0 spiro atoms. The molecule has 0 aromatic carbocycles. The maximum absolute atomic E-state index is 12.1. The van der Waals surface area contributed by atoms with Gasteiger partial charge in [-0.3, -0.25) is 4.79 Å². The summed E-state index contributed by atoms with van der Waals surface area (Å²) in [6.45, 7) is 0.660. The monoisotopic (exact) mass is 338 g/mol. The van der Waals surface area contributed by atoms with Crippen LogP contribution in [-0.2, 0) is 21.5 Å². The topological polar surface area (TPSA) is 86.7 Å². The first-order valence-electron chi connectivity index (χ1n) is 6.10. The van der Waals surface area contributed by atoms with Crippen LogP contribution in [0.4, 0.5) is 0 Å². The molecule has 0 saturated carbocycles. The standard InChI is InChI=1S/C11H15ClN2O4S2/c12-10-2-1-9(19-10)7-13-20(17,18)14-5-3-8(4-6-14)11(15)16/h1-2,8,13H,3-7H2,(H,15,16). The number of carboxylic acid groups (broad SMARTS) is 1. The third-order valence-electron chi connectivity index (χ3n) is 3.20. The summed E-state index contributed by atoms with van der Waals surface area (Å²) in [5.74, 6) is -1.30. The van der Waals surface area contributed by atoms with Crippen molar-refractivity contribution in [1.82, 2.24) is 9.03 Å². The smallest absolute Gasteiger partial charge is 0.306 e. The van der Waals surface area contributed by atoms with Crippen molar-refractivity contribution in [3.8, 4) is 0 Å². The number of hydrogen-bond donors (Lipinski definition) is 2. The molecular formula is C11H15ClN2O4S2. The molecule has 0 unspecified atom stereocenters. The molecule has 0 radical (unpaired) electrons. The van der Waals surface area contributed by atoms with E-state index in [9.17, 15) is 13.2 Å². The van der Waals surface area contributed by atoms with E-state index >= 15 is 0 Å². The maximum Gasteiger partial charge on any atom is 0.306 e. The Morgan fingerprint density at radius 1 is 1.45 bits per heavy atom. The van der Waals surface area contributed by atoms with Crippen LogP contribution in [0.3, 0.4) is 0 Å². The van der Waals surface area contributed by atoms with Crippen molar-refractivity contribution in [2.45, 2.75) is 19.4 Å². The van der Waals surface area contributed by atoms with Crippen LogP contribution in [0, 0.1) is 5.92 Å². The summed E-state index contributed by atoms with van der Waals surface area (Å²) in [5, 5.41) is 8.89. The highest BCUT2D eigenvalue weighted by Crippen LogP contribution is 2.22. The minimum Gasteiger partial charge on any atom is -0.481 e. The van der Waals surface area contributed by atoms with Crippen molar-refractivity contribution in [3.05, 3.63) is 21.3 Å². The van der Waals surface area contributed by atoms with Gasteiger partial charge >= 0.3 is 5.97 Å². The first kappa shape index (κ1) is 15.7. The fraction of sp³-hybridized carbons (Fsp3) is 0.545. The van der Waals surface area contributed by atoms with Gasteiger partial charge in [-0.25, -0.2) is 0 Å². The molecule has 0 atom stereocenters. The van der Waals surface area contributed by atoms with Crippen LogP contribution < -0.4 is 4.72 Å². The van der Waals surface area contributed by atoms with Gasteiger partial charge in [0.05, 0.1) is 10.3 Å². The highest BCUT2D eigenvalue weighted by molar-refractivity contribution is 7.87. The van der Waals surface area contributed by atoms with Gasteiger partial charge < -0.3 is 5.11 Å². The van der Waals surface area contributed by atoms with Crippen LogP contribution >= 0.6 is 22.9 Å². The second-order valence-electron chi connectivity index (χ2n) is 4.54. The normalized spacial score (nSPS) is 18.2. The molecule has 20 heavy (non-hydrogen) atoms. The van der Waals surface area contributed by atoms with E-state index in [1.54, 1.807) is 12.1 Å². The Hall–Kier alpha value is -0.670. The van der Waals surface area contributed by atoms with E-state index in [-0.39, 0.29) is 19.6 Å². The molecule has 0 aliphatic carbocycles. The predicted octanol–water partition coefficient (Wildman–Crippen LogP) is 1.53. The molecule has 1 aromatic heterocycles. The number of nitrogens with zero attached hydrogens (tertiary/aromatic N) is 1. The van der Waals surface area contributed by atoms with Crippen molar-refractivity contribution < 1.29 is 18.3 Å². The molecule has 6 nitrogen and oxygen atoms in total. The van der Waals surface area contributed by atoms with Crippen molar-refractivity contribution in [3.63, 3.8) is 0 Å². The first-order valence-corrected chi connectivity index (χ1v) is 8.73. The van der Waals surface area contributed by atoms with Gasteiger partial charge in [0, 0.05) is 24.5 Å². The Kier molecular flexibility index (Phi) is 5.03. The van der Waals surface area contributed by atoms with E-state index in [2.05, 4.69) is 4.72 Å². The number of nitrogens with one attached hydrogen (secondary N) is 1. The summed E-state index contributed by atoms with van der Waals surface area (Å²) >= 11 is 7.10. The van der Waals surface area contributed by atoms with Crippen molar-refractivity contribution in [2.75, 3.05) is 13.1 Å². The summed E-state index contributed by atoms with van der Waals surface area (Å²) in [4.78, 5) is 11.7. The SMILES string of the molecule is O=C(O)C1CCN(S(=O)(=O)NCc2ccc(Cl)s2)CC1. The summed E-state index contributed by atoms with van der Waals surface area (Å²) < 4.78 is 28.6. The average Bonchev–Trinajstić information content (AvgIpc) is 2.82. The van der Waals surface area contributed by atoms with Crippen LogP contribution in [0.15, 0.2) is 12.1 Å². The lowest BCUT2D eigenvalue weighted by Gasteiger charge is -2.29. The molecule has 9 heteroatoms. The number of halogens is 1. The van der Waals surface area contributed by atoms with E-state index in [4.69, 9.17) is 16.7 Å². The maximum atomic E-state index is 12.1. The van der Waals surface area contributed by atoms with Gasteiger partial charge in [0.2, 0.25) is 0 Å². The summed E-state index contributed by atoms with van der Waals surface area (Å²) in [6, 6.07) is 3.49. The zero-order valence-electron chi connectivity index (χ0n) is 10.6. The summed E-state index contributed by atoms with van der Waals surface area (Å²) in [6.07, 6.45) is 0.697. The van der Waals surface area contributed by atoms with Crippen molar-refractivity contribution >= 4 is 39.1 Å². The number of carboxylic acids is 1. The Bertz CT molecular complexity index is 579. The quantitative estimate of drug-likeness (QED) is 0.852. The van der Waals surface area contributed by atoms with E-state index in [1.165, 1.54) is 15.6 Å². The molecule has 1 fully saturated rings. The number of piperidine rings is 1. The third-order valence-corrected chi connectivity index (χ3v) is 5.99. The van der Waals surface area contributed by atoms with E-state index in [1.807, 2.05) is 0 Å². The number of aliphatic carboxylic acids is 1. The molecule has 2 rings (SSSR count). The second kappa shape index (κ2) is 6.40. The van der Waals surface area contributed by atoms with Gasteiger partial charge in [-0.05, 0) is 25.0 Å². The van der Waals surface area contributed by atoms with E-state index in [0.29, 0.717) is 17.2 Å². The zero-order valence-corrected chi connectivity index (χ0v) is 13.0. The summed E-state index contributed by atoms with van der Waals surface area (Å²) in [7, 11) is -3.57. The van der Waals surface area contributed by atoms with Crippen molar-refractivity contribution in [1.29, 1.82) is 0 Å². The zero-order chi connectivity index (χ0) is 14.8. The van der Waals surface area contributed by atoms with Crippen molar-refractivity contribution in [2.24, 2.45) is 5.92 Å². The lowest BCUT2D eigenvalue weighted by atomic mass is 9.99. The number of hydrogen-bond acceptors (Lipinski definition) is 4. The molecule has 0 amide bonds. The summed E-state index contributed by atoms with van der Waals surface area (Å²) in [5.41, 5.74) is 0. The Balaban J connectivity index is 1.89. The highest BCUT2D eigenvalue weighted by atomic mass is 35.5. The molecular weight excluding hydrogens is 324 g/mol. The van der Waals surface area contributed by atoms with Crippen LogP contribution in [0.25, 0.3) is 0 Å². The lowest BCUT2D eigenvalue weighted by Crippen LogP contribution is -2.45. The third kappa shape index (κ3) is 3.92. The van der Waals surface area contributed by atoms with Gasteiger partial charge in [0.25, 0.3) is 10.2 Å². The van der Waals surface area contributed by atoms with Gasteiger partial charge in [-0.1, -0.05) is 11.6 Å². The minimum absolute atomic E-state index is 0.193. The number of carbonyl (C=O) groups is 1. The van der Waals surface area contributed by atoms with E-state index < -0.39 is 22.1 Å². The first-order chi connectivity index (χ1) is 9.38. The molecule has 1 saturated heterocycles.